The van der Waals surface area contributed by atoms with Crippen LogP contribution in [0.15, 0.2) is 53.5 Å². The fraction of sp³-hybridized carbons (Fsp3) is 0.516. The Balaban J connectivity index is 1.63. The van der Waals surface area contributed by atoms with Gasteiger partial charge in [-0.2, -0.15) is 0 Å². The Morgan fingerprint density at radius 1 is 1.14 bits per heavy atom. The maximum absolute atomic E-state index is 14.8. The SMILES string of the molecule is CCCCNC(=O)c1ccc(C(C)N2C(=O)C(c3ccccc3F)=NC23CCC(C(C)(C)C)CC3)cc1. The summed E-state index contributed by atoms with van der Waals surface area (Å²) in [6.45, 7) is 11.6. The van der Waals surface area contributed by atoms with E-state index in [0.29, 0.717) is 18.0 Å². The second kappa shape index (κ2) is 10.8. The molecule has 0 bridgehead atoms. The molecule has 1 aliphatic heterocycles. The summed E-state index contributed by atoms with van der Waals surface area (Å²) in [5.41, 5.74) is 1.51. The Labute approximate surface area is 220 Å². The molecule has 0 saturated heterocycles. The van der Waals surface area contributed by atoms with Crippen LogP contribution in [0.5, 0.6) is 0 Å². The van der Waals surface area contributed by atoms with Gasteiger partial charge < -0.3 is 10.2 Å². The molecular formula is C31H40FN3O2. The van der Waals surface area contributed by atoms with Crippen LogP contribution >= 0.6 is 0 Å². The van der Waals surface area contributed by atoms with Gasteiger partial charge in [-0.1, -0.05) is 58.4 Å². The first-order valence-electron chi connectivity index (χ1n) is 13.6. The third-order valence-electron chi connectivity index (χ3n) is 8.19. The average Bonchev–Trinajstić information content (AvgIpc) is 3.14. The Kier molecular flexibility index (Phi) is 7.86. The van der Waals surface area contributed by atoms with E-state index in [2.05, 4.69) is 33.0 Å². The molecule has 2 aromatic rings. The Hall–Kier alpha value is -3.02. The van der Waals surface area contributed by atoms with Gasteiger partial charge in [0, 0.05) is 17.7 Å². The molecule has 2 amide bonds. The molecule has 4 rings (SSSR count). The number of nitrogens with zero attached hydrogens (tertiary/aromatic N) is 2. The van der Waals surface area contributed by atoms with Crippen molar-refractivity contribution < 1.29 is 14.0 Å². The van der Waals surface area contributed by atoms with Crippen LogP contribution in [-0.2, 0) is 4.79 Å². The number of carbonyl (C=O) groups is 2. The third-order valence-corrected chi connectivity index (χ3v) is 8.19. The highest BCUT2D eigenvalue weighted by Crippen LogP contribution is 2.49. The Morgan fingerprint density at radius 3 is 2.38 bits per heavy atom. The molecule has 0 aromatic heterocycles. The van der Waals surface area contributed by atoms with Crippen molar-refractivity contribution in [1.29, 1.82) is 0 Å². The molecule has 2 aliphatic rings. The van der Waals surface area contributed by atoms with Gasteiger partial charge in [-0.25, -0.2) is 4.39 Å². The lowest BCUT2D eigenvalue weighted by Gasteiger charge is -2.46. The molecule has 1 aliphatic carbocycles. The second-order valence-corrected chi connectivity index (χ2v) is 11.6. The third kappa shape index (κ3) is 5.48. The van der Waals surface area contributed by atoms with E-state index in [9.17, 15) is 14.0 Å². The molecule has 198 valence electrons. The van der Waals surface area contributed by atoms with E-state index in [4.69, 9.17) is 4.99 Å². The largest absolute Gasteiger partial charge is 0.352 e. The van der Waals surface area contributed by atoms with Crippen molar-refractivity contribution in [3.05, 3.63) is 71.0 Å². The van der Waals surface area contributed by atoms with Crippen molar-refractivity contribution in [2.24, 2.45) is 16.3 Å². The minimum Gasteiger partial charge on any atom is -0.352 e. The maximum Gasteiger partial charge on any atom is 0.275 e. The highest BCUT2D eigenvalue weighted by atomic mass is 19.1. The molecule has 5 nitrogen and oxygen atoms in total. The molecular weight excluding hydrogens is 465 g/mol. The number of unbranched alkanes of at least 4 members (excludes halogenated alkanes) is 1. The number of hydrogen-bond acceptors (Lipinski definition) is 3. The van der Waals surface area contributed by atoms with Gasteiger partial charge in [0.25, 0.3) is 11.8 Å². The standard InChI is InChI=1S/C31H40FN3O2/c1-6-7-20-33-28(36)23-14-12-22(13-15-23)21(2)35-29(37)27(25-10-8-9-11-26(25)32)34-31(35)18-16-24(17-19-31)30(3,4)5/h8-15,21,24H,6-7,16-20H2,1-5H3,(H,33,36). The van der Waals surface area contributed by atoms with Crippen LogP contribution in [0.1, 0.15) is 101 Å². The van der Waals surface area contributed by atoms with Crippen LogP contribution in [0.2, 0.25) is 0 Å². The first-order chi connectivity index (χ1) is 17.6. The summed E-state index contributed by atoms with van der Waals surface area (Å²) in [5, 5.41) is 2.95. The highest BCUT2D eigenvalue weighted by Gasteiger charge is 2.52. The summed E-state index contributed by atoms with van der Waals surface area (Å²) in [6.07, 6.45) is 5.40. The van der Waals surface area contributed by atoms with Gasteiger partial charge in [0.15, 0.2) is 0 Å². The molecule has 2 aromatic carbocycles. The molecule has 1 saturated carbocycles. The topological polar surface area (TPSA) is 61.8 Å². The number of nitrogens with one attached hydrogen (secondary N) is 1. The van der Waals surface area contributed by atoms with E-state index in [1.54, 1.807) is 18.2 Å². The number of aliphatic imine (C=N–C) groups is 1. The van der Waals surface area contributed by atoms with E-state index in [-0.39, 0.29) is 34.5 Å². The summed E-state index contributed by atoms with van der Waals surface area (Å²) >= 11 is 0. The Bertz CT molecular complexity index is 1160. The van der Waals surface area contributed by atoms with E-state index in [1.807, 2.05) is 36.1 Å². The van der Waals surface area contributed by atoms with Crippen LogP contribution < -0.4 is 5.32 Å². The van der Waals surface area contributed by atoms with Gasteiger partial charge in [0.2, 0.25) is 0 Å². The zero-order chi connectivity index (χ0) is 26.8. The Morgan fingerprint density at radius 2 is 1.78 bits per heavy atom. The van der Waals surface area contributed by atoms with E-state index in [0.717, 1.165) is 44.1 Å². The van der Waals surface area contributed by atoms with Gasteiger partial charge >= 0.3 is 0 Å². The molecule has 0 radical (unpaired) electrons. The van der Waals surface area contributed by atoms with Gasteiger partial charge in [-0.15, -0.1) is 0 Å². The zero-order valence-electron chi connectivity index (χ0n) is 22.8. The van der Waals surface area contributed by atoms with E-state index >= 15 is 0 Å². The van der Waals surface area contributed by atoms with E-state index in [1.165, 1.54) is 6.07 Å². The average molecular weight is 506 g/mol. The van der Waals surface area contributed by atoms with Gasteiger partial charge in [0.1, 0.15) is 17.2 Å². The molecule has 1 atom stereocenters. The molecule has 6 heteroatoms. The number of rotatable bonds is 7. The first-order valence-corrected chi connectivity index (χ1v) is 13.6. The normalized spacial score (nSPS) is 22.8. The van der Waals surface area contributed by atoms with E-state index < -0.39 is 11.5 Å². The predicted octanol–water partition coefficient (Wildman–Crippen LogP) is 6.68. The maximum atomic E-state index is 14.8. The lowest BCUT2D eigenvalue weighted by molar-refractivity contribution is -0.132. The monoisotopic (exact) mass is 505 g/mol. The fourth-order valence-electron chi connectivity index (χ4n) is 5.82. The lowest BCUT2D eigenvalue weighted by Crippen LogP contribution is -2.50. The number of amides is 2. The first kappa shape index (κ1) is 27.0. The number of carbonyl (C=O) groups excluding carboxylic acids is 2. The summed E-state index contributed by atoms with van der Waals surface area (Å²) in [4.78, 5) is 33.3. The fourth-order valence-corrected chi connectivity index (χ4v) is 5.82. The number of hydrogen-bond donors (Lipinski definition) is 1. The van der Waals surface area contributed by atoms with Crippen LogP contribution in [0.25, 0.3) is 0 Å². The van der Waals surface area contributed by atoms with Crippen molar-refractivity contribution in [3.63, 3.8) is 0 Å². The van der Waals surface area contributed by atoms with Crippen molar-refractivity contribution in [1.82, 2.24) is 10.2 Å². The van der Waals surface area contributed by atoms with Crippen LogP contribution in [0, 0.1) is 17.2 Å². The highest BCUT2D eigenvalue weighted by molar-refractivity contribution is 6.46. The number of benzene rings is 2. The lowest BCUT2D eigenvalue weighted by atomic mass is 9.69. The molecule has 1 fully saturated rings. The van der Waals surface area contributed by atoms with Crippen molar-refractivity contribution in [2.75, 3.05) is 6.54 Å². The smallest absolute Gasteiger partial charge is 0.275 e. The van der Waals surface area contributed by atoms with Crippen LogP contribution in [-0.4, -0.2) is 34.6 Å². The second-order valence-electron chi connectivity index (χ2n) is 11.6. The van der Waals surface area contributed by atoms with Crippen molar-refractivity contribution >= 4 is 17.5 Å². The quantitative estimate of drug-likeness (QED) is 0.427. The summed E-state index contributed by atoms with van der Waals surface area (Å²) in [7, 11) is 0. The molecule has 37 heavy (non-hydrogen) atoms. The molecule has 1 N–H and O–H groups in total. The summed E-state index contributed by atoms with van der Waals surface area (Å²) < 4.78 is 14.8. The van der Waals surface area contributed by atoms with Gasteiger partial charge in [0.05, 0.1) is 6.04 Å². The van der Waals surface area contributed by atoms with Crippen molar-refractivity contribution in [3.8, 4) is 0 Å². The van der Waals surface area contributed by atoms with Crippen molar-refractivity contribution in [2.45, 2.75) is 84.8 Å². The minimum absolute atomic E-state index is 0.0907. The summed E-state index contributed by atoms with van der Waals surface area (Å²) in [5.74, 6) is -0.204. The minimum atomic E-state index is -0.688. The number of halogens is 1. The molecule has 1 unspecified atom stereocenters. The van der Waals surface area contributed by atoms with Gasteiger partial charge in [-0.05, 0) is 80.2 Å². The predicted molar refractivity (Wildman–Crippen MR) is 146 cm³/mol. The van der Waals surface area contributed by atoms with Crippen LogP contribution in [0.3, 0.4) is 0 Å². The van der Waals surface area contributed by atoms with Crippen LogP contribution in [0.4, 0.5) is 4.39 Å². The molecule has 1 heterocycles. The zero-order valence-corrected chi connectivity index (χ0v) is 22.8. The van der Waals surface area contributed by atoms with Gasteiger partial charge in [-0.3, -0.25) is 14.6 Å². The summed E-state index contributed by atoms with van der Waals surface area (Å²) in [6, 6.07) is 13.6. The molecule has 1 spiro atoms.